The number of rotatable bonds is 5. The Morgan fingerprint density at radius 2 is 1.58 bits per heavy atom. The molecular weight excluding hydrogens is 343 g/mol. The van der Waals surface area contributed by atoms with Crippen LogP contribution in [0, 0.1) is 5.92 Å². The Bertz CT molecular complexity index is 739. The number of hydrogen-bond donors (Lipinski definition) is 0. The normalized spacial score (nSPS) is 20.3. The van der Waals surface area contributed by atoms with E-state index in [0.717, 1.165) is 6.42 Å². The molecular formula is C20H18Cl2O2. The van der Waals surface area contributed by atoms with Gasteiger partial charge < -0.3 is 4.74 Å². The van der Waals surface area contributed by atoms with Gasteiger partial charge in [-0.05, 0) is 41.0 Å². The van der Waals surface area contributed by atoms with Crippen LogP contribution in [-0.4, -0.2) is 16.9 Å². The molecule has 0 saturated heterocycles. The Balaban J connectivity index is 1.42. The van der Waals surface area contributed by atoms with Crippen LogP contribution in [0.2, 0.25) is 0 Å². The van der Waals surface area contributed by atoms with Gasteiger partial charge in [-0.3, -0.25) is 4.79 Å². The zero-order valence-corrected chi connectivity index (χ0v) is 14.7. The van der Waals surface area contributed by atoms with Crippen molar-refractivity contribution in [1.29, 1.82) is 0 Å². The molecule has 2 aliphatic rings. The highest BCUT2D eigenvalue weighted by Crippen LogP contribution is 2.55. The minimum atomic E-state index is -0.621. The van der Waals surface area contributed by atoms with Crippen LogP contribution < -0.4 is 0 Å². The lowest BCUT2D eigenvalue weighted by molar-refractivity contribution is -0.144. The molecule has 1 fully saturated rings. The third-order valence-corrected chi connectivity index (χ3v) is 5.95. The SMILES string of the molecule is O=C(CC[C@H]1CC1(Cl)Cl)OCC1c2ccccc2-c2ccccc21. The average molecular weight is 361 g/mol. The smallest absolute Gasteiger partial charge is 0.305 e. The van der Waals surface area contributed by atoms with Gasteiger partial charge in [-0.15, -0.1) is 23.2 Å². The van der Waals surface area contributed by atoms with E-state index >= 15 is 0 Å². The first-order chi connectivity index (χ1) is 11.6. The summed E-state index contributed by atoms with van der Waals surface area (Å²) in [5.41, 5.74) is 4.94. The van der Waals surface area contributed by atoms with Gasteiger partial charge in [0.25, 0.3) is 0 Å². The summed E-state index contributed by atoms with van der Waals surface area (Å²) in [5.74, 6) is 0.164. The van der Waals surface area contributed by atoms with Gasteiger partial charge >= 0.3 is 5.97 Å². The van der Waals surface area contributed by atoms with Gasteiger partial charge in [-0.1, -0.05) is 48.5 Å². The van der Waals surface area contributed by atoms with E-state index in [1.54, 1.807) is 0 Å². The van der Waals surface area contributed by atoms with Crippen molar-refractivity contribution < 1.29 is 9.53 Å². The molecule has 0 radical (unpaired) electrons. The summed E-state index contributed by atoms with van der Waals surface area (Å²) in [6.45, 7) is 0.379. The number of esters is 1. The van der Waals surface area contributed by atoms with E-state index in [2.05, 4.69) is 24.3 Å². The van der Waals surface area contributed by atoms with E-state index in [1.807, 2.05) is 24.3 Å². The second-order valence-corrected chi connectivity index (χ2v) is 8.15. The van der Waals surface area contributed by atoms with Crippen LogP contribution in [0.4, 0.5) is 0 Å². The maximum atomic E-state index is 12.1. The van der Waals surface area contributed by atoms with Crippen LogP contribution in [0.5, 0.6) is 0 Å². The lowest BCUT2D eigenvalue weighted by Gasteiger charge is -2.14. The first-order valence-corrected chi connectivity index (χ1v) is 9.03. The molecule has 124 valence electrons. The number of carbonyl (C=O) groups is 1. The van der Waals surface area contributed by atoms with Gasteiger partial charge in [0.1, 0.15) is 10.9 Å². The standard InChI is InChI=1S/C20H18Cl2O2/c21-20(22)11-13(20)9-10-19(23)24-12-18-16-7-3-1-5-14(16)15-6-2-4-8-17(15)18/h1-8,13,18H,9-12H2/t13-/m0/s1. The third kappa shape index (κ3) is 2.94. The molecule has 4 heteroatoms. The van der Waals surface area contributed by atoms with Crippen LogP contribution in [0.3, 0.4) is 0 Å². The largest absolute Gasteiger partial charge is 0.465 e. The van der Waals surface area contributed by atoms with Crippen molar-refractivity contribution in [2.24, 2.45) is 5.92 Å². The first kappa shape index (κ1) is 16.0. The Morgan fingerprint density at radius 3 is 2.12 bits per heavy atom. The van der Waals surface area contributed by atoms with Crippen molar-refractivity contribution >= 4 is 29.2 Å². The Morgan fingerprint density at radius 1 is 1.04 bits per heavy atom. The quantitative estimate of drug-likeness (QED) is 0.532. The number of hydrogen-bond acceptors (Lipinski definition) is 2. The maximum absolute atomic E-state index is 12.1. The van der Waals surface area contributed by atoms with Gasteiger partial charge in [0.05, 0.1) is 0 Å². The molecule has 2 aromatic carbocycles. The summed E-state index contributed by atoms with van der Waals surface area (Å²) in [6, 6.07) is 16.7. The number of carbonyl (C=O) groups excluding carboxylic acids is 1. The highest BCUT2D eigenvalue weighted by atomic mass is 35.5. The number of halogens is 2. The molecule has 0 aromatic heterocycles. The number of benzene rings is 2. The molecule has 2 aliphatic carbocycles. The van der Waals surface area contributed by atoms with Gasteiger partial charge in [0, 0.05) is 12.3 Å². The molecule has 0 unspecified atom stereocenters. The lowest BCUT2D eigenvalue weighted by atomic mass is 9.98. The fourth-order valence-electron chi connectivity index (χ4n) is 3.56. The number of alkyl halides is 2. The molecule has 2 aromatic rings. The van der Waals surface area contributed by atoms with E-state index in [4.69, 9.17) is 27.9 Å². The summed E-state index contributed by atoms with van der Waals surface area (Å²) < 4.78 is 4.94. The van der Waals surface area contributed by atoms with Crippen LogP contribution >= 0.6 is 23.2 Å². The second-order valence-electron chi connectivity index (χ2n) is 6.61. The van der Waals surface area contributed by atoms with E-state index in [9.17, 15) is 4.79 Å². The molecule has 0 amide bonds. The van der Waals surface area contributed by atoms with Crippen LogP contribution in [0.1, 0.15) is 36.3 Å². The summed E-state index contributed by atoms with van der Waals surface area (Å²) in [4.78, 5) is 12.1. The lowest BCUT2D eigenvalue weighted by Crippen LogP contribution is -2.12. The molecule has 0 spiro atoms. The third-order valence-electron chi connectivity index (χ3n) is 5.03. The molecule has 0 aliphatic heterocycles. The summed E-state index contributed by atoms with van der Waals surface area (Å²) >= 11 is 12.0. The maximum Gasteiger partial charge on any atom is 0.305 e. The molecule has 24 heavy (non-hydrogen) atoms. The Hall–Kier alpha value is -1.51. The average Bonchev–Trinajstić information content (AvgIpc) is 3.08. The van der Waals surface area contributed by atoms with E-state index in [0.29, 0.717) is 19.4 Å². The summed E-state index contributed by atoms with van der Waals surface area (Å²) in [6.07, 6.45) is 1.85. The highest BCUT2D eigenvalue weighted by molar-refractivity contribution is 6.50. The highest BCUT2D eigenvalue weighted by Gasteiger charge is 2.51. The Kier molecular flexibility index (Phi) is 4.06. The number of ether oxygens (including phenoxy) is 1. The minimum Gasteiger partial charge on any atom is -0.465 e. The molecule has 2 nitrogen and oxygen atoms in total. The van der Waals surface area contributed by atoms with Gasteiger partial charge in [-0.25, -0.2) is 0 Å². The molecule has 0 bridgehead atoms. The van der Waals surface area contributed by atoms with Crippen molar-refractivity contribution in [3.63, 3.8) is 0 Å². The van der Waals surface area contributed by atoms with E-state index in [-0.39, 0.29) is 17.8 Å². The van der Waals surface area contributed by atoms with Crippen LogP contribution in [-0.2, 0) is 9.53 Å². The Labute approximate surface area is 151 Å². The van der Waals surface area contributed by atoms with Crippen LogP contribution in [0.15, 0.2) is 48.5 Å². The molecule has 0 N–H and O–H groups in total. The topological polar surface area (TPSA) is 26.3 Å². The fourth-order valence-corrected chi connectivity index (χ4v) is 4.15. The van der Waals surface area contributed by atoms with Crippen molar-refractivity contribution in [1.82, 2.24) is 0 Å². The predicted octanol–water partition coefficient (Wildman–Crippen LogP) is 5.32. The molecule has 4 rings (SSSR count). The first-order valence-electron chi connectivity index (χ1n) is 8.28. The summed E-state index contributed by atoms with van der Waals surface area (Å²) in [5, 5.41) is 0. The number of fused-ring (bicyclic) bond motifs is 3. The minimum absolute atomic E-state index is 0.113. The zero-order chi connectivity index (χ0) is 16.7. The predicted molar refractivity (Wildman–Crippen MR) is 96.5 cm³/mol. The van der Waals surface area contributed by atoms with E-state index in [1.165, 1.54) is 22.3 Å². The molecule has 1 atom stereocenters. The monoisotopic (exact) mass is 360 g/mol. The molecule has 0 heterocycles. The zero-order valence-electron chi connectivity index (χ0n) is 13.2. The van der Waals surface area contributed by atoms with Gasteiger partial charge in [-0.2, -0.15) is 0 Å². The van der Waals surface area contributed by atoms with Crippen LogP contribution in [0.25, 0.3) is 11.1 Å². The second kappa shape index (κ2) is 6.09. The van der Waals surface area contributed by atoms with E-state index < -0.39 is 4.33 Å². The van der Waals surface area contributed by atoms with Crippen molar-refractivity contribution in [2.75, 3.05) is 6.61 Å². The summed E-state index contributed by atoms with van der Waals surface area (Å²) in [7, 11) is 0. The van der Waals surface area contributed by atoms with Gasteiger partial charge in [0.2, 0.25) is 0 Å². The van der Waals surface area contributed by atoms with Crippen molar-refractivity contribution in [3.05, 3.63) is 59.7 Å². The van der Waals surface area contributed by atoms with Crippen molar-refractivity contribution in [2.45, 2.75) is 29.5 Å². The fraction of sp³-hybridized carbons (Fsp3) is 0.350. The van der Waals surface area contributed by atoms with Crippen molar-refractivity contribution in [3.8, 4) is 11.1 Å². The van der Waals surface area contributed by atoms with Gasteiger partial charge in [0.15, 0.2) is 0 Å². The molecule has 1 saturated carbocycles.